The number of nitrogens with zero attached hydrogens (tertiary/aromatic N) is 1. The zero-order valence-corrected chi connectivity index (χ0v) is 19.7. The van der Waals surface area contributed by atoms with E-state index in [1.165, 1.54) is 37.2 Å². The highest BCUT2D eigenvalue weighted by atomic mass is 32.2. The molecular formula is C26H30N2O4S. The van der Waals surface area contributed by atoms with Crippen LogP contribution in [0.2, 0.25) is 0 Å². The molecule has 0 aliphatic carbocycles. The zero-order chi connectivity index (χ0) is 23.3. The topological polar surface area (TPSA) is 79.6 Å². The van der Waals surface area contributed by atoms with E-state index in [9.17, 15) is 13.2 Å². The molecule has 2 aromatic carbocycles. The maximum absolute atomic E-state index is 12.7. The highest BCUT2D eigenvalue weighted by Crippen LogP contribution is 2.21. The Morgan fingerprint density at radius 2 is 1.76 bits per heavy atom. The predicted molar refractivity (Wildman–Crippen MR) is 127 cm³/mol. The van der Waals surface area contributed by atoms with Crippen LogP contribution in [0.5, 0.6) is 0 Å². The first-order chi connectivity index (χ1) is 15.9. The number of carbonyl (C=O) groups is 1. The van der Waals surface area contributed by atoms with E-state index in [-0.39, 0.29) is 16.4 Å². The largest absolute Gasteiger partial charge is 0.459 e. The van der Waals surface area contributed by atoms with E-state index in [2.05, 4.69) is 29.3 Å². The molecule has 4 rings (SSSR count). The molecule has 33 heavy (non-hydrogen) atoms. The third kappa shape index (κ3) is 5.92. The van der Waals surface area contributed by atoms with Crippen molar-refractivity contribution in [2.75, 3.05) is 6.54 Å². The Labute approximate surface area is 195 Å². The predicted octanol–water partition coefficient (Wildman–Crippen LogP) is 4.56. The van der Waals surface area contributed by atoms with Crippen molar-refractivity contribution in [3.8, 4) is 0 Å². The number of rotatable bonds is 8. The van der Waals surface area contributed by atoms with Gasteiger partial charge < -0.3 is 9.73 Å². The van der Waals surface area contributed by atoms with Crippen LogP contribution < -0.4 is 5.32 Å². The highest BCUT2D eigenvalue weighted by molar-refractivity contribution is 7.90. The lowest BCUT2D eigenvalue weighted by atomic mass is 10.0. The van der Waals surface area contributed by atoms with Crippen molar-refractivity contribution in [2.24, 2.45) is 0 Å². The molecule has 174 valence electrons. The summed E-state index contributed by atoms with van der Waals surface area (Å²) in [5.74, 6) is -0.686. The van der Waals surface area contributed by atoms with Crippen LogP contribution in [0.15, 0.2) is 76.2 Å². The Morgan fingerprint density at radius 1 is 1.03 bits per heavy atom. The lowest BCUT2D eigenvalue weighted by Gasteiger charge is -2.33. The third-order valence-corrected chi connectivity index (χ3v) is 7.88. The number of sulfone groups is 1. The molecule has 1 aliphatic rings. The Balaban J connectivity index is 1.35. The van der Waals surface area contributed by atoms with Crippen LogP contribution in [0.3, 0.4) is 0 Å². The van der Waals surface area contributed by atoms with E-state index in [1.54, 1.807) is 30.3 Å². The van der Waals surface area contributed by atoms with Crippen LogP contribution in [-0.4, -0.2) is 31.8 Å². The second kappa shape index (κ2) is 10.4. The molecule has 3 aromatic rings. The quantitative estimate of drug-likeness (QED) is 0.527. The zero-order valence-electron chi connectivity index (χ0n) is 18.9. The van der Waals surface area contributed by atoms with Crippen LogP contribution >= 0.6 is 0 Å². The van der Waals surface area contributed by atoms with Gasteiger partial charge in [-0.25, -0.2) is 8.42 Å². The van der Waals surface area contributed by atoms with Gasteiger partial charge in [0.2, 0.25) is 0 Å². The van der Waals surface area contributed by atoms with E-state index in [1.807, 2.05) is 12.1 Å². The van der Waals surface area contributed by atoms with Gasteiger partial charge in [-0.1, -0.05) is 48.9 Å². The molecule has 6 nitrogen and oxygen atoms in total. The van der Waals surface area contributed by atoms with Gasteiger partial charge in [0, 0.05) is 24.7 Å². The van der Waals surface area contributed by atoms with Gasteiger partial charge >= 0.3 is 0 Å². The number of hydrogen-bond acceptors (Lipinski definition) is 5. The fourth-order valence-corrected chi connectivity index (χ4v) is 5.59. The molecular weight excluding hydrogens is 436 g/mol. The van der Waals surface area contributed by atoms with Crippen LogP contribution in [0.25, 0.3) is 0 Å². The number of piperidine rings is 1. The summed E-state index contributed by atoms with van der Waals surface area (Å²) in [6, 6.07) is 18.6. The summed E-state index contributed by atoms with van der Waals surface area (Å²) in [5, 5.41) is 2.84. The molecule has 1 aliphatic heterocycles. The average molecular weight is 467 g/mol. The summed E-state index contributed by atoms with van der Waals surface area (Å²) in [4.78, 5) is 15.4. The number of carbonyl (C=O) groups excluding carboxylic acids is 1. The first-order valence-corrected chi connectivity index (χ1v) is 13.0. The normalized spacial score (nSPS) is 17.1. The lowest BCUT2D eigenvalue weighted by molar-refractivity contribution is 0.0922. The number of benzene rings is 2. The van der Waals surface area contributed by atoms with Gasteiger partial charge in [0.25, 0.3) is 5.91 Å². The highest BCUT2D eigenvalue weighted by Gasteiger charge is 2.22. The maximum Gasteiger partial charge on any atom is 0.287 e. The molecule has 1 unspecified atom stereocenters. The molecule has 1 atom stereocenters. The molecule has 1 saturated heterocycles. The molecule has 0 spiro atoms. The van der Waals surface area contributed by atoms with Crippen LogP contribution in [0.4, 0.5) is 0 Å². The molecule has 0 saturated carbocycles. The summed E-state index contributed by atoms with van der Waals surface area (Å²) in [6.07, 6.45) is 5.18. The average Bonchev–Trinajstić information content (AvgIpc) is 3.28. The molecule has 1 amide bonds. The minimum Gasteiger partial charge on any atom is -0.459 e. The van der Waals surface area contributed by atoms with Gasteiger partial charge in [0.05, 0.1) is 16.9 Å². The molecule has 0 radical (unpaired) electrons. The van der Waals surface area contributed by atoms with E-state index in [0.717, 1.165) is 18.7 Å². The summed E-state index contributed by atoms with van der Waals surface area (Å²) >= 11 is 0. The minimum atomic E-state index is -3.57. The Kier molecular flexibility index (Phi) is 7.30. The maximum atomic E-state index is 12.7. The summed E-state index contributed by atoms with van der Waals surface area (Å²) in [7, 11) is -3.57. The minimum absolute atomic E-state index is 0.0326. The molecule has 1 N–H and O–H groups in total. The molecule has 1 aromatic heterocycles. The number of likely N-dealkylation sites (tertiary alicyclic amines) is 1. The molecule has 0 bridgehead atoms. The smallest absolute Gasteiger partial charge is 0.287 e. The van der Waals surface area contributed by atoms with Crippen molar-refractivity contribution in [3.05, 3.63) is 89.4 Å². The summed E-state index contributed by atoms with van der Waals surface area (Å²) in [6.45, 7) is 4.71. The molecule has 1 fully saturated rings. The van der Waals surface area contributed by atoms with Gasteiger partial charge in [0.15, 0.2) is 15.6 Å². The molecule has 2 heterocycles. The number of hydrogen-bond donors (Lipinski definition) is 1. The standard InChI is InChI=1S/C26H30N2O4S/c1-20-7-5-6-15-28(20)18-22-12-10-21(11-13-22)17-27-26(29)25-23(14-16-32-25)19-33(30,31)24-8-3-2-4-9-24/h2-4,8-14,16,20H,5-7,15,17-19H2,1H3,(H,27,29). The van der Waals surface area contributed by atoms with Crippen molar-refractivity contribution >= 4 is 15.7 Å². The second-order valence-corrected chi connectivity index (χ2v) is 10.7. The first-order valence-electron chi connectivity index (χ1n) is 11.4. The second-order valence-electron chi connectivity index (χ2n) is 8.66. The Bertz CT molecular complexity index is 1170. The van der Waals surface area contributed by atoms with E-state index in [4.69, 9.17) is 4.42 Å². The van der Waals surface area contributed by atoms with Crippen molar-refractivity contribution in [3.63, 3.8) is 0 Å². The van der Waals surface area contributed by atoms with Crippen molar-refractivity contribution in [1.82, 2.24) is 10.2 Å². The SMILES string of the molecule is CC1CCCCN1Cc1ccc(CNC(=O)c2occc2CS(=O)(=O)c2ccccc2)cc1. The summed E-state index contributed by atoms with van der Waals surface area (Å²) < 4.78 is 30.7. The number of nitrogens with one attached hydrogen (secondary N) is 1. The van der Waals surface area contributed by atoms with E-state index in [0.29, 0.717) is 18.2 Å². The van der Waals surface area contributed by atoms with Gasteiger partial charge in [-0.2, -0.15) is 0 Å². The number of furan rings is 1. The van der Waals surface area contributed by atoms with Crippen LogP contribution in [0.1, 0.15) is 53.4 Å². The Hall–Kier alpha value is -2.90. The monoisotopic (exact) mass is 466 g/mol. The fraction of sp³-hybridized carbons (Fsp3) is 0.346. The fourth-order valence-electron chi connectivity index (χ4n) is 4.22. The van der Waals surface area contributed by atoms with E-state index < -0.39 is 15.7 Å². The third-order valence-electron chi connectivity index (χ3n) is 6.20. The van der Waals surface area contributed by atoms with Crippen molar-refractivity contribution < 1.29 is 17.6 Å². The van der Waals surface area contributed by atoms with Crippen LogP contribution in [-0.2, 0) is 28.7 Å². The van der Waals surface area contributed by atoms with Crippen molar-refractivity contribution in [2.45, 2.75) is 56.0 Å². The Morgan fingerprint density at radius 3 is 2.48 bits per heavy atom. The van der Waals surface area contributed by atoms with Crippen molar-refractivity contribution in [1.29, 1.82) is 0 Å². The summed E-state index contributed by atoms with van der Waals surface area (Å²) in [5.41, 5.74) is 2.59. The van der Waals surface area contributed by atoms with Gasteiger partial charge in [0.1, 0.15) is 0 Å². The van der Waals surface area contributed by atoms with Crippen LogP contribution in [0, 0.1) is 0 Å². The number of amides is 1. The van der Waals surface area contributed by atoms with Gasteiger partial charge in [-0.3, -0.25) is 9.69 Å². The first kappa shape index (κ1) is 23.3. The lowest BCUT2D eigenvalue weighted by Crippen LogP contribution is -2.36. The van der Waals surface area contributed by atoms with E-state index >= 15 is 0 Å². The van der Waals surface area contributed by atoms with Gasteiger partial charge in [-0.05, 0) is 55.6 Å². The molecule has 7 heteroatoms. The van der Waals surface area contributed by atoms with Gasteiger partial charge in [-0.15, -0.1) is 0 Å².